The van der Waals surface area contributed by atoms with E-state index in [2.05, 4.69) is 19.2 Å². The van der Waals surface area contributed by atoms with Gasteiger partial charge in [-0.3, -0.25) is 4.79 Å². The van der Waals surface area contributed by atoms with Gasteiger partial charge in [0.05, 0.1) is 0 Å². The normalized spacial score (nSPS) is 11.4. The Hall–Kier alpha value is -1.06. The molecule has 1 amide bonds. The topological polar surface area (TPSA) is 55.1 Å². The van der Waals surface area contributed by atoms with Gasteiger partial charge in [0.15, 0.2) is 0 Å². The van der Waals surface area contributed by atoms with Crippen LogP contribution in [-0.4, -0.2) is 19.0 Å². The fraction of sp³-hybridized carbons (Fsp3) is 0.588. The van der Waals surface area contributed by atoms with Crippen LogP contribution in [0.3, 0.4) is 0 Å². The Bertz CT molecular complexity index is 446. The molecule has 1 rings (SSSR count). The Kier molecular flexibility index (Phi) is 7.76. The number of nitrogens with two attached hydrogens (primary N) is 1. The van der Waals surface area contributed by atoms with Gasteiger partial charge in [0.25, 0.3) is 0 Å². The van der Waals surface area contributed by atoms with E-state index in [1.54, 1.807) is 0 Å². The lowest BCUT2D eigenvalue weighted by molar-refractivity contribution is -0.121. The minimum absolute atomic E-state index is 0.114. The predicted molar refractivity (Wildman–Crippen MR) is 89.6 cm³/mol. The van der Waals surface area contributed by atoms with Crippen molar-refractivity contribution >= 4 is 17.5 Å². The van der Waals surface area contributed by atoms with Gasteiger partial charge in [-0.2, -0.15) is 0 Å². The van der Waals surface area contributed by atoms with Gasteiger partial charge in [-0.1, -0.05) is 56.5 Å². The van der Waals surface area contributed by atoms with Gasteiger partial charge in [-0.05, 0) is 31.0 Å². The number of halogens is 1. The van der Waals surface area contributed by atoms with E-state index in [9.17, 15) is 4.79 Å². The average Bonchev–Trinajstić information content (AvgIpc) is 2.45. The molecule has 0 aliphatic carbocycles. The highest BCUT2D eigenvalue weighted by Gasteiger charge is 2.23. The third-order valence-corrected chi connectivity index (χ3v) is 4.02. The van der Waals surface area contributed by atoms with Crippen LogP contribution in [-0.2, 0) is 10.2 Å². The summed E-state index contributed by atoms with van der Waals surface area (Å²) in [5.41, 5.74) is 6.34. The number of amides is 1. The standard InChI is InChI=1S/C17H27ClN2O/c1-17(2,14-9-6-7-10-15(14)18)13-20-16(21)11-5-3-4-8-12-19/h6-7,9-10H,3-5,8,11-13,19H2,1-2H3,(H,20,21). The Morgan fingerprint density at radius 2 is 1.86 bits per heavy atom. The highest BCUT2D eigenvalue weighted by atomic mass is 35.5. The Labute approximate surface area is 133 Å². The molecule has 0 radical (unpaired) electrons. The molecule has 21 heavy (non-hydrogen) atoms. The summed E-state index contributed by atoms with van der Waals surface area (Å²) < 4.78 is 0. The Morgan fingerprint density at radius 1 is 1.19 bits per heavy atom. The first-order valence-electron chi connectivity index (χ1n) is 7.69. The highest BCUT2D eigenvalue weighted by Crippen LogP contribution is 2.28. The molecule has 0 aliphatic heterocycles. The zero-order valence-electron chi connectivity index (χ0n) is 13.1. The second-order valence-corrected chi connectivity index (χ2v) is 6.50. The maximum atomic E-state index is 11.9. The van der Waals surface area contributed by atoms with Crippen molar-refractivity contribution < 1.29 is 4.79 Å². The van der Waals surface area contributed by atoms with Crippen molar-refractivity contribution in [3.8, 4) is 0 Å². The quantitative estimate of drug-likeness (QED) is 0.684. The van der Waals surface area contributed by atoms with E-state index in [-0.39, 0.29) is 11.3 Å². The van der Waals surface area contributed by atoms with Crippen molar-refractivity contribution in [1.82, 2.24) is 5.32 Å². The molecule has 0 saturated heterocycles. The van der Waals surface area contributed by atoms with Gasteiger partial charge < -0.3 is 11.1 Å². The number of hydrogen-bond acceptors (Lipinski definition) is 2. The highest BCUT2D eigenvalue weighted by molar-refractivity contribution is 6.31. The zero-order chi connectivity index (χ0) is 15.7. The predicted octanol–water partition coefficient (Wildman–Crippen LogP) is 3.64. The van der Waals surface area contributed by atoms with Gasteiger partial charge in [-0.15, -0.1) is 0 Å². The summed E-state index contributed by atoms with van der Waals surface area (Å²) in [5, 5.41) is 3.77. The van der Waals surface area contributed by atoms with E-state index < -0.39 is 0 Å². The number of nitrogens with one attached hydrogen (secondary N) is 1. The van der Waals surface area contributed by atoms with Crippen LogP contribution in [0.2, 0.25) is 5.02 Å². The minimum atomic E-state index is -0.173. The number of rotatable bonds is 9. The summed E-state index contributed by atoms with van der Waals surface area (Å²) in [6.45, 7) is 5.52. The summed E-state index contributed by atoms with van der Waals surface area (Å²) >= 11 is 6.23. The van der Waals surface area contributed by atoms with Gasteiger partial charge >= 0.3 is 0 Å². The first-order chi connectivity index (χ1) is 9.97. The molecule has 1 aromatic rings. The van der Waals surface area contributed by atoms with Gasteiger partial charge in [0.1, 0.15) is 0 Å². The number of benzene rings is 1. The van der Waals surface area contributed by atoms with E-state index in [1.165, 1.54) is 0 Å². The monoisotopic (exact) mass is 310 g/mol. The molecule has 3 N–H and O–H groups in total. The van der Waals surface area contributed by atoms with E-state index in [1.807, 2.05) is 24.3 Å². The molecule has 0 atom stereocenters. The fourth-order valence-electron chi connectivity index (χ4n) is 2.30. The van der Waals surface area contributed by atoms with Crippen molar-refractivity contribution in [3.63, 3.8) is 0 Å². The van der Waals surface area contributed by atoms with Crippen molar-refractivity contribution in [2.75, 3.05) is 13.1 Å². The maximum absolute atomic E-state index is 11.9. The third-order valence-electron chi connectivity index (χ3n) is 3.69. The molecule has 0 fully saturated rings. The Morgan fingerprint density at radius 3 is 2.52 bits per heavy atom. The Balaban J connectivity index is 2.36. The minimum Gasteiger partial charge on any atom is -0.355 e. The van der Waals surface area contributed by atoms with Gasteiger partial charge in [0, 0.05) is 23.4 Å². The van der Waals surface area contributed by atoms with Crippen LogP contribution < -0.4 is 11.1 Å². The smallest absolute Gasteiger partial charge is 0.220 e. The molecule has 118 valence electrons. The molecule has 0 aliphatic rings. The van der Waals surface area contributed by atoms with Crippen molar-refractivity contribution in [1.29, 1.82) is 0 Å². The third kappa shape index (κ3) is 6.49. The molecule has 0 heterocycles. The average molecular weight is 311 g/mol. The maximum Gasteiger partial charge on any atom is 0.220 e. The van der Waals surface area contributed by atoms with E-state index >= 15 is 0 Å². The molecular formula is C17H27ClN2O. The van der Waals surface area contributed by atoms with Crippen LogP contribution in [0.25, 0.3) is 0 Å². The molecule has 0 spiro atoms. The number of hydrogen-bond donors (Lipinski definition) is 2. The van der Waals surface area contributed by atoms with Crippen LogP contribution in [0.4, 0.5) is 0 Å². The van der Waals surface area contributed by atoms with Crippen LogP contribution in [0.5, 0.6) is 0 Å². The number of carbonyl (C=O) groups excluding carboxylic acids is 1. The summed E-state index contributed by atoms with van der Waals surface area (Å²) in [7, 11) is 0. The summed E-state index contributed by atoms with van der Waals surface area (Å²) in [6, 6.07) is 7.79. The molecule has 4 heteroatoms. The van der Waals surface area contributed by atoms with E-state index in [4.69, 9.17) is 17.3 Å². The summed E-state index contributed by atoms with van der Waals surface area (Å²) in [4.78, 5) is 11.9. The van der Waals surface area contributed by atoms with E-state index in [0.717, 1.165) is 42.8 Å². The second kappa shape index (κ2) is 9.06. The van der Waals surface area contributed by atoms with Crippen LogP contribution in [0.15, 0.2) is 24.3 Å². The molecule has 0 bridgehead atoms. The first-order valence-corrected chi connectivity index (χ1v) is 8.07. The summed E-state index contributed by atoms with van der Waals surface area (Å²) in [6.07, 6.45) is 4.73. The second-order valence-electron chi connectivity index (χ2n) is 6.09. The number of unbranched alkanes of at least 4 members (excludes halogenated alkanes) is 3. The van der Waals surface area contributed by atoms with Crippen molar-refractivity contribution in [3.05, 3.63) is 34.9 Å². The first kappa shape index (κ1) is 18.0. The SMILES string of the molecule is CC(C)(CNC(=O)CCCCCCN)c1ccccc1Cl. The van der Waals surface area contributed by atoms with Crippen molar-refractivity contribution in [2.24, 2.45) is 5.73 Å². The lowest BCUT2D eigenvalue weighted by Crippen LogP contribution is -2.36. The molecule has 0 unspecified atom stereocenters. The zero-order valence-corrected chi connectivity index (χ0v) is 13.9. The summed E-state index contributed by atoms with van der Waals surface area (Å²) in [5.74, 6) is 0.114. The van der Waals surface area contributed by atoms with Crippen LogP contribution >= 0.6 is 11.6 Å². The van der Waals surface area contributed by atoms with E-state index in [0.29, 0.717) is 13.0 Å². The van der Waals surface area contributed by atoms with Gasteiger partial charge in [-0.25, -0.2) is 0 Å². The molecular weight excluding hydrogens is 284 g/mol. The van der Waals surface area contributed by atoms with Crippen LogP contribution in [0.1, 0.15) is 51.5 Å². The lowest BCUT2D eigenvalue weighted by Gasteiger charge is -2.26. The van der Waals surface area contributed by atoms with Crippen LogP contribution in [0, 0.1) is 0 Å². The molecule has 0 saturated carbocycles. The fourth-order valence-corrected chi connectivity index (χ4v) is 2.69. The van der Waals surface area contributed by atoms with Crippen molar-refractivity contribution in [2.45, 2.75) is 51.4 Å². The largest absolute Gasteiger partial charge is 0.355 e. The van der Waals surface area contributed by atoms with Gasteiger partial charge in [0.2, 0.25) is 5.91 Å². The lowest BCUT2D eigenvalue weighted by atomic mass is 9.84. The molecule has 1 aromatic carbocycles. The molecule has 0 aromatic heterocycles. The number of carbonyl (C=O) groups is 1. The molecule has 3 nitrogen and oxygen atoms in total.